The van der Waals surface area contributed by atoms with Crippen molar-refractivity contribution in [1.29, 1.82) is 0 Å². The molecule has 0 N–H and O–H groups in total. The fraction of sp³-hybridized carbons (Fsp3) is 0.200. The van der Waals surface area contributed by atoms with Crippen molar-refractivity contribution < 1.29 is 4.74 Å². The van der Waals surface area contributed by atoms with Crippen LogP contribution in [0.5, 0.6) is 5.75 Å². The SMILES string of the molecule is [c]1ccccc1OCCCc1ccccc1. The summed E-state index contributed by atoms with van der Waals surface area (Å²) in [7, 11) is 0. The lowest BCUT2D eigenvalue weighted by Crippen LogP contribution is -1.99. The van der Waals surface area contributed by atoms with Crippen molar-refractivity contribution in [3.63, 3.8) is 0 Å². The Morgan fingerprint density at radius 1 is 0.938 bits per heavy atom. The lowest BCUT2D eigenvalue weighted by molar-refractivity contribution is 0.310. The molecule has 2 aromatic rings. The van der Waals surface area contributed by atoms with Gasteiger partial charge in [-0.3, -0.25) is 0 Å². The molecule has 0 heterocycles. The number of aryl methyl sites for hydroxylation is 1. The number of hydrogen-bond acceptors (Lipinski definition) is 1. The van der Waals surface area contributed by atoms with Crippen LogP contribution in [0.1, 0.15) is 12.0 Å². The van der Waals surface area contributed by atoms with Crippen LogP contribution in [0.15, 0.2) is 54.6 Å². The lowest BCUT2D eigenvalue weighted by Gasteiger charge is -2.05. The standard InChI is InChI=1S/C15H15O/c1-3-8-14(9-4-1)10-7-13-16-15-11-5-2-6-12-15/h1-6,8-9,11H,7,10,13H2. The lowest BCUT2D eigenvalue weighted by atomic mass is 10.1. The minimum Gasteiger partial charge on any atom is -0.493 e. The molecule has 0 aliphatic rings. The van der Waals surface area contributed by atoms with E-state index < -0.39 is 0 Å². The van der Waals surface area contributed by atoms with E-state index in [0.29, 0.717) is 0 Å². The van der Waals surface area contributed by atoms with E-state index in [0.717, 1.165) is 25.2 Å². The zero-order valence-corrected chi connectivity index (χ0v) is 9.23. The van der Waals surface area contributed by atoms with Crippen LogP contribution in [-0.4, -0.2) is 6.61 Å². The molecule has 1 radical (unpaired) electrons. The van der Waals surface area contributed by atoms with Crippen molar-refractivity contribution in [3.05, 3.63) is 66.2 Å². The van der Waals surface area contributed by atoms with E-state index >= 15 is 0 Å². The van der Waals surface area contributed by atoms with Gasteiger partial charge in [0.1, 0.15) is 5.75 Å². The quantitative estimate of drug-likeness (QED) is 0.688. The summed E-state index contributed by atoms with van der Waals surface area (Å²) in [4.78, 5) is 0. The molecule has 0 saturated carbocycles. The van der Waals surface area contributed by atoms with Gasteiger partial charge < -0.3 is 4.74 Å². The van der Waals surface area contributed by atoms with Crippen molar-refractivity contribution in [2.45, 2.75) is 12.8 Å². The summed E-state index contributed by atoms with van der Waals surface area (Å²) in [6, 6.07) is 21.2. The minimum absolute atomic E-state index is 0.745. The van der Waals surface area contributed by atoms with Crippen LogP contribution in [0.3, 0.4) is 0 Å². The summed E-state index contributed by atoms with van der Waals surface area (Å²) in [5.74, 6) is 0.829. The Morgan fingerprint density at radius 3 is 2.50 bits per heavy atom. The van der Waals surface area contributed by atoms with E-state index in [2.05, 4.69) is 30.3 Å². The molecular formula is C15H15O. The molecule has 0 aliphatic carbocycles. The van der Waals surface area contributed by atoms with Crippen LogP contribution >= 0.6 is 0 Å². The first-order chi connectivity index (χ1) is 7.95. The Morgan fingerprint density at radius 2 is 1.75 bits per heavy atom. The zero-order valence-electron chi connectivity index (χ0n) is 9.23. The fourth-order valence-electron chi connectivity index (χ4n) is 1.57. The Kier molecular flexibility index (Phi) is 4.00. The second-order valence-corrected chi connectivity index (χ2v) is 3.66. The first-order valence-electron chi connectivity index (χ1n) is 5.58. The van der Waals surface area contributed by atoms with Gasteiger partial charge >= 0.3 is 0 Å². The summed E-state index contributed by atoms with van der Waals surface area (Å²) in [5.41, 5.74) is 1.36. The average Bonchev–Trinajstić information content (AvgIpc) is 2.37. The molecule has 16 heavy (non-hydrogen) atoms. The monoisotopic (exact) mass is 211 g/mol. The number of rotatable bonds is 5. The molecule has 0 aliphatic heterocycles. The molecule has 0 spiro atoms. The van der Waals surface area contributed by atoms with Crippen LogP contribution in [0, 0.1) is 6.07 Å². The van der Waals surface area contributed by atoms with Gasteiger partial charge in [0.25, 0.3) is 0 Å². The van der Waals surface area contributed by atoms with E-state index in [-0.39, 0.29) is 0 Å². The minimum atomic E-state index is 0.745. The van der Waals surface area contributed by atoms with Crippen LogP contribution < -0.4 is 4.74 Å². The zero-order chi connectivity index (χ0) is 11.1. The molecule has 0 unspecified atom stereocenters. The normalized spacial score (nSPS) is 10.0. The van der Waals surface area contributed by atoms with Gasteiger partial charge in [-0.25, -0.2) is 0 Å². The Balaban J connectivity index is 1.70. The molecule has 2 rings (SSSR count). The topological polar surface area (TPSA) is 9.23 Å². The highest BCUT2D eigenvalue weighted by Gasteiger charge is 1.94. The maximum atomic E-state index is 5.57. The van der Waals surface area contributed by atoms with Crippen LogP contribution in [-0.2, 0) is 6.42 Å². The highest BCUT2D eigenvalue weighted by molar-refractivity contribution is 5.19. The van der Waals surface area contributed by atoms with Crippen LogP contribution in [0.25, 0.3) is 0 Å². The summed E-state index contributed by atoms with van der Waals surface area (Å²) in [6.45, 7) is 0.745. The predicted octanol–water partition coefficient (Wildman–Crippen LogP) is 3.50. The van der Waals surface area contributed by atoms with Gasteiger partial charge in [0.15, 0.2) is 0 Å². The number of hydrogen-bond donors (Lipinski definition) is 0. The third kappa shape index (κ3) is 3.43. The smallest absolute Gasteiger partial charge is 0.127 e. The van der Waals surface area contributed by atoms with Gasteiger partial charge in [0.05, 0.1) is 6.61 Å². The Bertz CT molecular complexity index is 353. The van der Waals surface area contributed by atoms with E-state index in [4.69, 9.17) is 4.74 Å². The van der Waals surface area contributed by atoms with Gasteiger partial charge in [-0.2, -0.15) is 0 Å². The van der Waals surface area contributed by atoms with Gasteiger partial charge in [0.2, 0.25) is 0 Å². The number of para-hydroxylation sites is 1. The van der Waals surface area contributed by atoms with Crippen molar-refractivity contribution in [1.82, 2.24) is 0 Å². The molecule has 0 fully saturated rings. The number of benzene rings is 2. The van der Waals surface area contributed by atoms with Gasteiger partial charge in [-0.05, 0) is 24.5 Å². The molecule has 0 atom stereocenters. The highest BCUT2D eigenvalue weighted by Crippen LogP contribution is 2.08. The van der Waals surface area contributed by atoms with E-state index in [1.165, 1.54) is 5.56 Å². The third-order valence-corrected chi connectivity index (χ3v) is 2.39. The Labute approximate surface area is 96.7 Å². The Hall–Kier alpha value is -1.76. The molecule has 0 aromatic heterocycles. The molecule has 0 saturated heterocycles. The van der Waals surface area contributed by atoms with E-state index in [1.807, 2.05) is 30.3 Å². The van der Waals surface area contributed by atoms with Crippen molar-refractivity contribution in [3.8, 4) is 5.75 Å². The maximum Gasteiger partial charge on any atom is 0.127 e. The second-order valence-electron chi connectivity index (χ2n) is 3.66. The number of ether oxygens (including phenoxy) is 1. The average molecular weight is 211 g/mol. The second kappa shape index (κ2) is 5.96. The van der Waals surface area contributed by atoms with Gasteiger partial charge in [-0.1, -0.05) is 48.5 Å². The fourth-order valence-corrected chi connectivity index (χ4v) is 1.57. The van der Waals surface area contributed by atoms with Crippen molar-refractivity contribution in [2.75, 3.05) is 6.61 Å². The summed E-state index contributed by atoms with van der Waals surface area (Å²) >= 11 is 0. The molecule has 2 aromatic carbocycles. The predicted molar refractivity (Wildman–Crippen MR) is 65.5 cm³/mol. The van der Waals surface area contributed by atoms with Crippen molar-refractivity contribution >= 4 is 0 Å². The largest absolute Gasteiger partial charge is 0.493 e. The van der Waals surface area contributed by atoms with Crippen LogP contribution in [0.2, 0.25) is 0 Å². The molecule has 0 bridgehead atoms. The summed E-state index contributed by atoms with van der Waals surface area (Å²) in [6.07, 6.45) is 2.10. The summed E-state index contributed by atoms with van der Waals surface area (Å²) < 4.78 is 5.57. The van der Waals surface area contributed by atoms with E-state index in [9.17, 15) is 0 Å². The first kappa shape index (κ1) is 10.7. The van der Waals surface area contributed by atoms with Crippen molar-refractivity contribution in [2.24, 2.45) is 0 Å². The molecule has 81 valence electrons. The molecule has 0 amide bonds. The highest BCUT2D eigenvalue weighted by atomic mass is 16.5. The van der Waals surface area contributed by atoms with Gasteiger partial charge in [-0.15, -0.1) is 0 Å². The molecule has 1 nitrogen and oxygen atoms in total. The first-order valence-corrected chi connectivity index (χ1v) is 5.58. The summed E-state index contributed by atoms with van der Waals surface area (Å²) in [5, 5.41) is 0. The third-order valence-electron chi connectivity index (χ3n) is 2.39. The molecular weight excluding hydrogens is 196 g/mol. The maximum absolute atomic E-state index is 5.57. The van der Waals surface area contributed by atoms with E-state index in [1.54, 1.807) is 0 Å². The van der Waals surface area contributed by atoms with Crippen LogP contribution in [0.4, 0.5) is 0 Å². The van der Waals surface area contributed by atoms with Gasteiger partial charge in [0, 0.05) is 6.07 Å². The molecule has 1 heteroatoms.